The molecule has 4 heterocycles. The van der Waals surface area contributed by atoms with E-state index in [4.69, 9.17) is 9.31 Å². The highest BCUT2D eigenvalue weighted by Crippen LogP contribution is 2.60. The van der Waals surface area contributed by atoms with E-state index in [1.54, 1.807) is 0 Å². The first-order valence-corrected chi connectivity index (χ1v) is 18.8. The lowest BCUT2D eigenvalue weighted by molar-refractivity contribution is 0.00578. The molecule has 1 aromatic heterocycles. The highest BCUT2D eigenvalue weighted by atomic mass is 31.2. The monoisotopic (exact) mass is 655 g/mol. The number of hydrogen-bond acceptors (Lipinski definition) is 3. The van der Waals surface area contributed by atoms with Gasteiger partial charge in [-0.3, -0.25) is 0 Å². The van der Waals surface area contributed by atoms with E-state index in [1.807, 2.05) is 36.4 Å². The lowest BCUT2D eigenvalue weighted by Gasteiger charge is -2.48. The second-order valence-corrected chi connectivity index (χ2v) is 17.3. The summed E-state index contributed by atoms with van der Waals surface area (Å²) < 4.78 is 32.6. The minimum absolute atomic E-state index is 0.564. The molecule has 0 saturated carbocycles. The van der Waals surface area contributed by atoms with Crippen LogP contribution < -0.4 is 21.4 Å². The molecule has 2 atom stereocenters. The Morgan fingerprint density at radius 3 is 1.96 bits per heavy atom. The number of benzene rings is 6. The van der Waals surface area contributed by atoms with Crippen LogP contribution in [0.25, 0.3) is 27.5 Å². The van der Waals surface area contributed by atoms with Crippen molar-refractivity contribution >= 4 is 57.4 Å². The molecule has 2 unspecified atom stereocenters. The molecule has 3 aliphatic heterocycles. The van der Waals surface area contributed by atoms with Crippen LogP contribution in [0.5, 0.6) is 0 Å². The van der Waals surface area contributed by atoms with Gasteiger partial charge in [-0.15, -0.1) is 0 Å². The third-order valence-electron chi connectivity index (χ3n) is 11.7. The van der Waals surface area contributed by atoms with Crippen LogP contribution in [0.2, 0.25) is 0 Å². The van der Waals surface area contributed by atoms with Crippen LogP contribution in [0, 0.1) is 0 Å². The molecular formula is C43H35BNO3P. The maximum atomic E-state index is 16.6. The van der Waals surface area contributed by atoms with E-state index in [0.29, 0.717) is 0 Å². The Labute approximate surface area is 286 Å². The van der Waals surface area contributed by atoms with Gasteiger partial charge in [-0.2, -0.15) is 0 Å². The van der Waals surface area contributed by atoms with Crippen molar-refractivity contribution in [1.82, 2.24) is 4.57 Å². The summed E-state index contributed by atoms with van der Waals surface area (Å²) >= 11 is 0. The molecule has 7 aromatic rings. The van der Waals surface area contributed by atoms with E-state index in [1.165, 1.54) is 27.4 Å². The van der Waals surface area contributed by atoms with Crippen molar-refractivity contribution in [3.8, 4) is 5.69 Å². The van der Waals surface area contributed by atoms with Gasteiger partial charge in [0.25, 0.3) is 0 Å². The van der Waals surface area contributed by atoms with Crippen molar-refractivity contribution in [1.29, 1.82) is 0 Å². The zero-order valence-corrected chi connectivity index (χ0v) is 28.9. The molecule has 0 radical (unpaired) electrons. The molecule has 6 heteroatoms. The molecule has 6 aromatic carbocycles. The molecule has 3 aliphatic rings. The van der Waals surface area contributed by atoms with Crippen molar-refractivity contribution in [3.05, 3.63) is 162 Å². The van der Waals surface area contributed by atoms with Gasteiger partial charge < -0.3 is 18.4 Å². The fraction of sp³-hybridized carbons (Fsp3) is 0.163. The normalized spacial score (nSPS) is 22.7. The molecule has 0 N–H and O–H groups in total. The number of nitrogens with zero attached hydrogens (tertiary/aromatic N) is 1. The van der Waals surface area contributed by atoms with Crippen LogP contribution in [0.15, 0.2) is 140 Å². The number of rotatable bonds is 2. The highest BCUT2D eigenvalue weighted by molar-refractivity contribution is 7.86. The predicted octanol–water partition coefficient (Wildman–Crippen LogP) is 7.73. The second-order valence-electron chi connectivity index (χ2n) is 14.6. The first-order chi connectivity index (χ1) is 23.7. The van der Waals surface area contributed by atoms with Gasteiger partial charge in [0.2, 0.25) is 0 Å². The summed E-state index contributed by atoms with van der Waals surface area (Å²) in [5.74, 6) is 0. The molecule has 0 bridgehead atoms. The van der Waals surface area contributed by atoms with Gasteiger partial charge >= 0.3 is 7.12 Å². The van der Waals surface area contributed by atoms with Crippen LogP contribution in [0.3, 0.4) is 0 Å². The van der Waals surface area contributed by atoms with E-state index in [2.05, 4.69) is 135 Å². The SMILES string of the molecule is CC1(C)OB(c2cccc3c2P(=O)(c2ccccc2)c2ccccc2C32c3ccccc3-n3c4ccccc4c4cccc2c43)OC1(C)C. The molecule has 4 nitrogen and oxygen atoms in total. The smallest absolute Gasteiger partial charge is 0.399 e. The molecule has 238 valence electrons. The Bertz CT molecular complexity index is 2550. The van der Waals surface area contributed by atoms with E-state index in [9.17, 15) is 0 Å². The standard InChI is InChI=1S/C43H35BNO3P/c1-41(2)42(3,4)48-44(47-41)35-24-15-23-34-40(35)49(46,28-16-6-5-7-17-28)38-27-13-10-21-32(38)43(34)31-20-9-12-26-37(31)45-36-25-11-8-18-29(36)30-19-14-22-33(43)39(30)45/h5-27H,1-4H3. The first-order valence-electron chi connectivity index (χ1n) is 17.1. The minimum atomic E-state index is -3.48. The summed E-state index contributed by atoms with van der Waals surface area (Å²) in [5, 5.41) is 4.90. The topological polar surface area (TPSA) is 40.5 Å². The van der Waals surface area contributed by atoms with Crippen molar-refractivity contribution in [2.75, 3.05) is 0 Å². The Kier molecular flexibility index (Phi) is 5.81. The van der Waals surface area contributed by atoms with Crippen molar-refractivity contribution in [2.24, 2.45) is 0 Å². The lowest BCUT2D eigenvalue weighted by Crippen LogP contribution is -2.55. The average Bonchev–Trinajstić information content (AvgIpc) is 3.58. The van der Waals surface area contributed by atoms with Crippen LogP contribution in [-0.4, -0.2) is 22.9 Å². The van der Waals surface area contributed by atoms with Crippen molar-refractivity contribution < 1.29 is 13.9 Å². The van der Waals surface area contributed by atoms with Gasteiger partial charge in [-0.1, -0.05) is 127 Å². The van der Waals surface area contributed by atoms with Crippen LogP contribution in [0.1, 0.15) is 49.9 Å². The number of hydrogen-bond donors (Lipinski definition) is 0. The van der Waals surface area contributed by atoms with Crippen LogP contribution in [-0.2, 0) is 19.3 Å². The third kappa shape index (κ3) is 3.51. The summed E-state index contributed by atoms with van der Waals surface area (Å²) in [6.07, 6.45) is 0. The van der Waals surface area contributed by atoms with Crippen LogP contribution in [0.4, 0.5) is 0 Å². The predicted molar refractivity (Wildman–Crippen MR) is 201 cm³/mol. The van der Waals surface area contributed by atoms with E-state index < -0.39 is 30.9 Å². The third-order valence-corrected chi connectivity index (χ3v) is 14.9. The summed E-state index contributed by atoms with van der Waals surface area (Å²) in [7, 11) is -4.17. The summed E-state index contributed by atoms with van der Waals surface area (Å²) in [6.45, 7) is 8.31. The number of para-hydroxylation sites is 3. The van der Waals surface area contributed by atoms with Gasteiger partial charge in [-0.25, -0.2) is 0 Å². The molecule has 1 spiro atoms. The molecular weight excluding hydrogens is 620 g/mol. The zero-order chi connectivity index (χ0) is 33.3. The van der Waals surface area contributed by atoms with Gasteiger partial charge in [0.05, 0.1) is 33.3 Å². The average molecular weight is 656 g/mol. The van der Waals surface area contributed by atoms with E-state index in [-0.39, 0.29) is 0 Å². The fourth-order valence-corrected chi connectivity index (χ4v) is 12.3. The van der Waals surface area contributed by atoms with Gasteiger partial charge in [-0.05, 0) is 67.5 Å². The van der Waals surface area contributed by atoms with Gasteiger partial charge in [0.1, 0.15) is 0 Å². The van der Waals surface area contributed by atoms with Crippen molar-refractivity contribution in [2.45, 2.75) is 44.3 Å². The Hall–Kier alpha value is -4.67. The molecule has 10 rings (SSSR count). The summed E-state index contributed by atoms with van der Waals surface area (Å²) in [5.41, 5.74) is 6.83. The number of aromatic nitrogens is 1. The Morgan fingerprint density at radius 2 is 1.16 bits per heavy atom. The van der Waals surface area contributed by atoms with Crippen LogP contribution >= 0.6 is 7.14 Å². The van der Waals surface area contributed by atoms with Crippen molar-refractivity contribution in [3.63, 3.8) is 0 Å². The molecule has 1 fully saturated rings. The minimum Gasteiger partial charge on any atom is -0.399 e. The first kappa shape index (κ1) is 29.3. The Balaban J connectivity index is 1.43. The second kappa shape index (κ2) is 9.73. The number of fused-ring (bicyclic) bond motifs is 11. The molecule has 0 aliphatic carbocycles. The molecule has 0 amide bonds. The van der Waals surface area contributed by atoms with Gasteiger partial charge in [0.15, 0.2) is 7.14 Å². The fourth-order valence-electron chi connectivity index (χ4n) is 8.90. The van der Waals surface area contributed by atoms with Gasteiger partial charge in [0, 0.05) is 26.7 Å². The summed E-state index contributed by atoms with van der Waals surface area (Å²) in [4.78, 5) is 0. The Morgan fingerprint density at radius 1 is 0.571 bits per heavy atom. The lowest BCUT2D eigenvalue weighted by atomic mass is 9.61. The largest absolute Gasteiger partial charge is 0.495 e. The maximum Gasteiger partial charge on any atom is 0.495 e. The maximum absolute atomic E-state index is 16.6. The summed E-state index contributed by atoms with van der Waals surface area (Å²) in [6, 6.07) is 49.1. The quantitative estimate of drug-likeness (QED) is 0.141. The highest BCUT2D eigenvalue weighted by Gasteiger charge is 2.58. The molecule has 49 heavy (non-hydrogen) atoms. The van der Waals surface area contributed by atoms with E-state index >= 15 is 4.57 Å². The van der Waals surface area contributed by atoms with E-state index in [0.717, 1.165) is 43.8 Å². The zero-order valence-electron chi connectivity index (χ0n) is 28.0. The molecule has 1 saturated heterocycles.